The van der Waals surface area contributed by atoms with Crippen LogP contribution in [0, 0.1) is 0 Å². The Hall–Kier alpha value is -3.12. The van der Waals surface area contributed by atoms with Gasteiger partial charge in [-0.15, -0.1) is 0 Å². The molecule has 1 amide bonds. The van der Waals surface area contributed by atoms with E-state index in [0.717, 1.165) is 6.33 Å². The molecule has 0 aliphatic carbocycles. The number of amides is 1. The first-order valence-electron chi connectivity index (χ1n) is 16.2. The van der Waals surface area contributed by atoms with Crippen molar-refractivity contribution < 1.29 is 97.6 Å². The van der Waals surface area contributed by atoms with E-state index in [9.17, 15) is 44.1 Å². The highest BCUT2D eigenvalue weighted by atomic mass is 31.3. The van der Waals surface area contributed by atoms with Gasteiger partial charge in [0.25, 0.3) is 0 Å². The van der Waals surface area contributed by atoms with Crippen LogP contribution >= 0.6 is 15.6 Å². The summed E-state index contributed by atoms with van der Waals surface area (Å²) in [6.07, 6.45) is -11.3. The second-order valence-electron chi connectivity index (χ2n) is 12.3. The summed E-state index contributed by atoms with van der Waals surface area (Å²) < 4.78 is 50.8. The van der Waals surface area contributed by atoms with Crippen molar-refractivity contribution in [1.82, 2.24) is 24.4 Å². The minimum atomic E-state index is -5.37. The first-order valence-corrected chi connectivity index (χ1v) is 19.2. The topological polar surface area (TPSA) is 439 Å². The lowest BCUT2D eigenvalue weighted by Gasteiger charge is -2.28. The van der Waals surface area contributed by atoms with Crippen LogP contribution in [-0.2, 0) is 36.8 Å². The number of nitrogen functional groups attached to an aromatic ring is 1. The molecule has 2 aromatic heterocycles. The van der Waals surface area contributed by atoms with Crippen molar-refractivity contribution in [3.05, 3.63) is 36.7 Å². The molecule has 3 aliphatic heterocycles. The summed E-state index contributed by atoms with van der Waals surface area (Å²) in [6.45, 7) is -3.24. The van der Waals surface area contributed by atoms with Crippen LogP contribution in [-0.4, -0.2) is 185 Å². The Kier molecular flexibility index (Phi) is 15.5. The van der Waals surface area contributed by atoms with Gasteiger partial charge in [-0.3, -0.25) is 18.4 Å². The largest absolute Gasteiger partial charge is 0.481 e. The van der Waals surface area contributed by atoms with Gasteiger partial charge in [-0.1, -0.05) is 6.08 Å². The van der Waals surface area contributed by atoms with E-state index < -0.39 is 121 Å². The van der Waals surface area contributed by atoms with E-state index in [0.29, 0.717) is 0 Å². The number of carbonyl (C=O) groups is 1. The third-order valence-corrected chi connectivity index (χ3v) is 11.0. The Morgan fingerprint density at radius 1 is 0.857 bits per heavy atom. The van der Waals surface area contributed by atoms with Crippen molar-refractivity contribution in [3.8, 4) is 0 Å². The Balaban J connectivity index is 0.000000501. The van der Waals surface area contributed by atoms with E-state index in [-0.39, 0.29) is 29.0 Å². The van der Waals surface area contributed by atoms with E-state index >= 15 is 0 Å². The molecule has 29 heteroatoms. The van der Waals surface area contributed by atoms with Gasteiger partial charge >= 0.3 is 15.6 Å². The number of aliphatic hydroxyl groups is 10. The molecule has 14 atom stereocenters. The summed E-state index contributed by atoms with van der Waals surface area (Å²) in [6, 6.07) is 0. The number of imidazole rings is 1. The molecular formula is C27H43N7O20P2. The molecule has 0 radical (unpaired) electrons. The number of hydrogen-bond acceptors (Lipinski definition) is 23. The highest BCUT2D eigenvalue weighted by molar-refractivity contribution is 7.61. The first-order chi connectivity index (χ1) is 26.2. The fourth-order valence-electron chi connectivity index (χ4n) is 5.35. The van der Waals surface area contributed by atoms with Crippen LogP contribution in [0.3, 0.4) is 0 Å². The predicted octanol–water partition coefficient (Wildman–Crippen LogP) is -6.27. The van der Waals surface area contributed by atoms with Gasteiger partial charge in [-0.05, 0) is 6.42 Å². The van der Waals surface area contributed by atoms with Crippen molar-refractivity contribution in [3.63, 3.8) is 0 Å². The number of anilines is 1. The molecule has 2 fully saturated rings. The lowest BCUT2D eigenvalue weighted by Crippen LogP contribution is -2.46. The summed E-state index contributed by atoms with van der Waals surface area (Å²) in [5.41, 5.74) is 11.6. The molecular weight excluding hydrogens is 804 g/mol. The molecule has 0 bridgehead atoms. The number of aliphatic hydroxyl groups excluding tert-OH is 10. The molecule has 5 rings (SSSR count). The maximum atomic E-state index is 12.4. The Morgan fingerprint density at radius 2 is 1.38 bits per heavy atom. The van der Waals surface area contributed by atoms with Crippen molar-refractivity contribution in [1.29, 1.82) is 0 Å². The standard InChI is InChI=1S/C21H29N7O14P2.C6H14O6/c22-17-12-19(25-7-24-17)28(8-26-12)21-16(32)14(30)11(41-21)6-39-44(36,37)42-43(34,35)38-5-10-13(29)15(31)20(40-10)27-3-1-2-9(4-27)18(23)33;7-1-3(9)5(11)6(12)4(10)2-8/h1,3-4,7-8,10-11,13-16,20-21,29-32H,2,5-6H2,(H2,23,33)(H,34,35)(H,36,37)(H2,22,24,25);3-12H,1-2H2/t10-,11-,13-,14-,15-,16-,20-,21-;3-,4-,5-,6-/m11/s1. The van der Waals surface area contributed by atoms with Crippen LogP contribution in [0.4, 0.5) is 5.82 Å². The van der Waals surface area contributed by atoms with E-state index in [1.165, 1.54) is 28.2 Å². The predicted molar refractivity (Wildman–Crippen MR) is 180 cm³/mol. The highest BCUT2D eigenvalue weighted by Gasteiger charge is 2.48. The number of allylic oxidation sites excluding steroid dienone is 1. The number of carbonyl (C=O) groups excluding carboxylic acids is 1. The number of phosphoric acid groups is 2. The number of ether oxygens (including phenoxy) is 2. The van der Waals surface area contributed by atoms with Gasteiger partial charge in [-0.25, -0.2) is 24.1 Å². The summed E-state index contributed by atoms with van der Waals surface area (Å²) in [5.74, 6) is -0.658. The Labute approximate surface area is 315 Å². The quantitative estimate of drug-likeness (QED) is 0.0699. The number of primary amides is 1. The molecule has 16 N–H and O–H groups in total. The molecule has 0 saturated carbocycles. The van der Waals surface area contributed by atoms with E-state index in [1.807, 2.05) is 0 Å². The van der Waals surface area contributed by atoms with Crippen LogP contribution in [0.15, 0.2) is 36.7 Å². The monoisotopic (exact) mass is 847 g/mol. The zero-order valence-corrected chi connectivity index (χ0v) is 30.6. The van der Waals surface area contributed by atoms with Crippen molar-refractivity contribution >= 4 is 38.5 Å². The Bertz CT molecular complexity index is 1790. The zero-order valence-electron chi connectivity index (χ0n) is 28.8. The molecule has 0 aromatic carbocycles. The fraction of sp³-hybridized carbons (Fsp3) is 0.630. The van der Waals surface area contributed by atoms with Crippen LogP contribution < -0.4 is 11.5 Å². The van der Waals surface area contributed by atoms with Gasteiger partial charge in [0.1, 0.15) is 72.9 Å². The number of nitrogens with zero attached hydrogens (tertiary/aromatic N) is 5. The minimum absolute atomic E-state index is 0.0517. The number of phosphoric ester groups is 2. The van der Waals surface area contributed by atoms with Crippen LogP contribution in [0.1, 0.15) is 12.6 Å². The minimum Gasteiger partial charge on any atom is -0.394 e. The molecule has 5 heterocycles. The van der Waals surface area contributed by atoms with Crippen molar-refractivity contribution in [2.75, 3.05) is 32.2 Å². The molecule has 56 heavy (non-hydrogen) atoms. The first kappa shape index (κ1) is 45.6. The summed E-state index contributed by atoms with van der Waals surface area (Å²) in [5, 5.41) is 93.8. The van der Waals surface area contributed by atoms with Gasteiger partial charge in [0.05, 0.1) is 32.8 Å². The average Bonchev–Trinajstić information content (AvgIpc) is 3.81. The SMILES string of the molecule is NC(=O)C1=CN([C@@H]2O[C@H](COP(=O)(O)OP(=O)(O)OC[C@H]3O[C@@H](n4cnc5c(N)ncnc54)[C@H](O)[C@@H]3O)[C@@H](O)[C@H]2O)C=CC1.OC[C@@H](O)[C@@H](O)[C@H](O)[C@H](O)CO. The average molecular weight is 848 g/mol. The molecule has 3 aliphatic rings. The second kappa shape index (κ2) is 19.1. The van der Waals surface area contributed by atoms with E-state index in [1.54, 1.807) is 6.08 Å². The molecule has 2 aromatic rings. The van der Waals surface area contributed by atoms with Gasteiger partial charge in [0.15, 0.2) is 23.9 Å². The third-order valence-electron chi connectivity index (χ3n) is 8.39. The highest BCUT2D eigenvalue weighted by Crippen LogP contribution is 2.60. The molecule has 27 nitrogen and oxygen atoms in total. The lowest BCUT2D eigenvalue weighted by molar-refractivity contribution is -0.123. The van der Waals surface area contributed by atoms with Crippen LogP contribution in [0.5, 0.6) is 0 Å². The maximum Gasteiger partial charge on any atom is 0.481 e. The molecule has 2 saturated heterocycles. The smallest absolute Gasteiger partial charge is 0.394 e. The molecule has 316 valence electrons. The number of aromatic nitrogens is 4. The normalized spacial score (nSPS) is 30.8. The zero-order chi connectivity index (χ0) is 41.7. The Morgan fingerprint density at radius 3 is 1.89 bits per heavy atom. The van der Waals surface area contributed by atoms with Crippen molar-refractivity contribution in [2.45, 2.75) is 79.9 Å². The molecule has 2 unspecified atom stereocenters. The summed E-state index contributed by atoms with van der Waals surface area (Å²) in [7, 11) is -10.7. The molecule has 0 spiro atoms. The van der Waals surface area contributed by atoms with Gasteiger partial charge in [-0.2, -0.15) is 4.31 Å². The lowest BCUT2D eigenvalue weighted by atomic mass is 10.0. The van der Waals surface area contributed by atoms with Crippen LogP contribution in [0.25, 0.3) is 11.2 Å². The number of nitrogens with two attached hydrogens (primary N) is 2. The summed E-state index contributed by atoms with van der Waals surface area (Å²) >= 11 is 0. The fourth-order valence-corrected chi connectivity index (χ4v) is 7.44. The summed E-state index contributed by atoms with van der Waals surface area (Å²) in [4.78, 5) is 44.6. The number of fused-ring (bicyclic) bond motifs is 1. The van der Waals surface area contributed by atoms with Gasteiger partial charge in [0, 0.05) is 18.0 Å². The number of hydrogen-bond donors (Lipinski definition) is 14. The van der Waals surface area contributed by atoms with E-state index in [4.69, 9.17) is 60.6 Å². The number of rotatable bonds is 16. The van der Waals surface area contributed by atoms with E-state index in [2.05, 4.69) is 19.3 Å². The maximum absolute atomic E-state index is 12.4. The van der Waals surface area contributed by atoms with Gasteiger partial charge < -0.3 is 86.7 Å². The van der Waals surface area contributed by atoms with Crippen molar-refractivity contribution in [2.24, 2.45) is 5.73 Å². The second-order valence-corrected chi connectivity index (χ2v) is 15.4. The van der Waals surface area contributed by atoms with Crippen LogP contribution in [0.2, 0.25) is 0 Å². The third kappa shape index (κ3) is 10.9. The van der Waals surface area contributed by atoms with Gasteiger partial charge in [0.2, 0.25) is 5.91 Å².